The van der Waals surface area contributed by atoms with Crippen LogP contribution in [0.2, 0.25) is 0 Å². The maximum atomic E-state index is 11.7. The van der Waals surface area contributed by atoms with Gasteiger partial charge in [-0.1, -0.05) is 6.07 Å². The van der Waals surface area contributed by atoms with Crippen molar-refractivity contribution in [2.75, 3.05) is 46.3 Å². The molecule has 0 radical (unpaired) electrons. The van der Waals surface area contributed by atoms with Gasteiger partial charge in [0.05, 0.1) is 20.2 Å². The molecular formula is C17H29IN4O2S. The number of halogens is 1. The minimum absolute atomic E-state index is 0. The number of hydrogen-bond donors (Lipinski definition) is 2. The van der Waals surface area contributed by atoms with Gasteiger partial charge in [0.1, 0.15) is 5.75 Å². The SMILES string of the molecule is COc1cc(C)cc(CN=C(NCCSC)NCC(=O)N(C)C)c1.I. The second kappa shape index (κ2) is 13.1. The fourth-order valence-corrected chi connectivity index (χ4v) is 2.27. The Labute approximate surface area is 172 Å². The maximum absolute atomic E-state index is 11.7. The molecule has 0 saturated carbocycles. The van der Waals surface area contributed by atoms with Gasteiger partial charge in [-0.2, -0.15) is 11.8 Å². The monoisotopic (exact) mass is 480 g/mol. The molecule has 1 aromatic carbocycles. The number of amides is 1. The Balaban J connectivity index is 0.00000576. The molecule has 0 heterocycles. The fourth-order valence-electron chi connectivity index (χ4n) is 1.97. The van der Waals surface area contributed by atoms with Crippen LogP contribution in [0.1, 0.15) is 11.1 Å². The van der Waals surface area contributed by atoms with E-state index in [1.54, 1.807) is 37.9 Å². The van der Waals surface area contributed by atoms with Crippen molar-refractivity contribution in [2.45, 2.75) is 13.5 Å². The van der Waals surface area contributed by atoms with Gasteiger partial charge >= 0.3 is 0 Å². The molecule has 0 saturated heterocycles. The number of ether oxygens (including phenoxy) is 1. The van der Waals surface area contributed by atoms with Crippen molar-refractivity contribution >= 4 is 47.6 Å². The first-order valence-corrected chi connectivity index (χ1v) is 9.21. The van der Waals surface area contributed by atoms with Crippen molar-refractivity contribution in [1.82, 2.24) is 15.5 Å². The van der Waals surface area contributed by atoms with Crippen molar-refractivity contribution in [3.63, 3.8) is 0 Å². The van der Waals surface area contributed by atoms with Crippen molar-refractivity contribution in [1.29, 1.82) is 0 Å². The highest BCUT2D eigenvalue weighted by atomic mass is 127. The Morgan fingerprint density at radius 3 is 2.60 bits per heavy atom. The second-order valence-corrected chi connectivity index (χ2v) is 6.57. The van der Waals surface area contributed by atoms with Crippen molar-refractivity contribution < 1.29 is 9.53 Å². The highest BCUT2D eigenvalue weighted by Crippen LogP contribution is 2.16. The Morgan fingerprint density at radius 2 is 2.00 bits per heavy atom. The Hall–Kier alpha value is -1.16. The number of carbonyl (C=O) groups excluding carboxylic acids is 1. The number of aryl methyl sites for hydroxylation is 1. The molecule has 0 aromatic heterocycles. The molecule has 0 aliphatic rings. The Morgan fingerprint density at radius 1 is 1.28 bits per heavy atom. The van der Waals surface area contributed by atoms with Gasteiger partial charge < -0.3 is 20.3 Å². The molecule has 0 aliphatic carbocycles. The van der Waals surface area contributed by atoms with Crippen LogP contribution in [0.3, 0.4) is 0 Å². The average molecular weight is 480 g/mol. The van der Waals surface area contributed by atoms with E-state index in [0.29, 0.717) is 12.5 Å². The molecule has 0 bridgehead atoms. The molecule has 8 heteroatoms. The van der Waals surface area contributed by atoms with Crippen LogP contribution in [0.15, 0.2) is 23.2 Å². The lowest BCUT2D eigenvalue weighted by Gasteiger charge is -2.15. The number of carbonyl (C=O) groups is 1. The third-order valence-corrected chi connectivity index (χ3v) is 3.88. The minimum Gasteiger partial charge on any atom is -0.497 e. The summed E-state index contributed by atoms with van der Waals surface area (Å²) < 4.78 is 5.29. The molecule has 6 nitrogen and oxygen atoms in total. The summed E-state index contributed by atoms with van der Waals surface area (Å²) in [5, 5.41) is 6.32. The first-order valence-electron chi connectivity index (χ1n) is 7.82. The lowest BCUT2D eigenvalue weighted by molar-refractivity contribution is -0.127. The van der Waals surface area contributed by atoms with E-state index in [1.165, 1.54) is 0 Å². The van der Waals surface area contributed by atoms with E-state index in [-0.39, 0.29) is 36.4 Å². The first kappa shape index (κ1) is 23.8. The van der Waals surface area contributed by atoms with E-state index < -0.39 is 0 Å². The minimum atomic E-state index is 0. The zero-order chi connectivity index (χ0) is 17.9. The smallest absolute Gasteiger partial charge is 0.241 e. The number of thioether (sulfide) groups is 1. The van der Waals surface area contributed by atoms with Crippen LogP contribution in [-0.2, 0) is 11.3 Å². The molecule has 2 N–H and O–H groups in total. The van der Waals surface area contributed by atoms with Crippen LogP contribution in [0.25, 0.3) is 0 Å². The quantitative estimate of drug-likeness (QED) is 0.258. The van der Waals surface area contributed by atoms with Gasteiger partial charge in [0.25, 0.3) is 0 Å². The molecule has 0 atom stereocenters. The molecule has 0 spiro atoms. The normalized spacial score (nSPS) is 10.7. The standard InChI is InChI=1S/C17H28N4O2S.HI/c1-13-8-14(10-15(9-13)23-4)11-19-17(18-6-7-24-5)20-12-16(22)21(2)3;/h8-10H,6-7,11-12H2,1-5H3,(H2,18,19,20);1H. The van der Waals surface area contributed by atoms with E-state index >= 15 is 0 Å². The van der Waals surface area contributed by atoms with Gasteiger partial charge in [-0.05, 0) is 36.4 Å². The summed E-state index contributed by atoms with van der Waals surface area (Å²) in [5.41, 5.74) is 2.20. The molecule has 1 rings (SSSR count). The number of likely N-dealkylation sites (N-methyl/N-ethyl adjacent to an activating group) is 1. The van der Waals surface area contributed by atoms with Gasteiger partial charge in [-0.25, -0.2) is 4.99 Å². The molecule has 0 unspecified atom stereocenters. The molecule has 142 valence electrons. The van der Waals surface area contributed by atoms with Gasteiger partial charge in [-0.15, -0.1) is 24.0 Å². The molecule has 0 aliphatic heterocycles. The van der Waals surface area contributed by atoms with E-state index in [0.717, 1.165) is 29.2 Å². The van der Waals surface area contributed by atoms with Crippen LogP contribution in [-0.4, -0.2) is 63.1 Å². The predicted molar refractivity (Wildman–Crippen MR) is 117 cm³/mol. The van der Waals surface area contributed by atoms with E-state index in [2.05, 4.69) is 27.9 Å². The largest absolute Gasteiger partial charge is 0.497 e. The zero-order valence-electron chi connectivity index (χ0n) is 15.6. The first-order chi connectivity index (χ1) is 11.5. The highest BCUT2D eigenvalue weighted by Gasteiger charge is 2.06. The predicted octanol–water partition coefficient (Wildman–Crippen LogP) is 2.11. The third-order valence-electron chi connectivity index (χ3n) is 3.27. The number of nitrogens with zero attached hydrogens (tertiary/aromatic N) is 2. The van der Waals surface area contributed by atoms with Crippen LogP contribution < -0.4 is 15.4 Å². The van der Waals surface area contributed by atoms with Crippen LogP contribution in [0.4, 0.5) is 0 Å². The number of rotatable bonds is 8. The summed E-state index contributed by atoms with van der Waals surface area (Å²) in [4.78, 5) is 17.9. The number of methoxy groups -OCH3 is 1. The molecule has 1 amide bonds. The molecule has 0 fully saturated rings. The molecular weight excluding hydrogens is 451 g/mol. The molecule has 1 aromatic rings. The van der Waals surface area contributed by atoms with E-state index in [4.69, 9.17) is 4.74 Å². The van der Waals surface area contributed by atoms with E-state index in [9.17, 15) is 4.79 Å². The second-order valence-electron chi connectivity index (χ2n) is 5.58. The van der Waals surface area contributed by atoms with Crippen LogP contribution >= 0.6 is 35.7 Å². The van der Waals surface area contributed by atoms with Gasteiger partial charge in [-0.3, -0.25) is 4.79 Å². The summed E-state index contributed by atoms with van der Waals surface area (Å²) in [5.74, 6) is 2.44. The van der Waals surface area contributed by atoms with Crippen molar-refractivity contribution in [3.8, 4) is 5.75 Å². The van der Waals surface area contributed by atoms with Crippen molar-refractivity contribution in [3.05, 3.63) is 29.3 Å². The number of benzene rings is 1. The summed E-state index contributed by atoms with van der Waals surface area (Å²) in [6.07, 6.45) is 2.06. The lowest BCUT2D eigenvalue weighted by Crippen LogP contribution is -2.43. The Bertz CT molecular complexity index is 568. The topological polar surface area (TPSA) is 66.0 Å². The van der Waals surface area contributed by atoms with Crippen molar-refractivity contribution in [2.24, 2.45) is 4.99 Å². The van der Waals surface area contributed by atoms with Gasteiger partial charge in [0, 0.05) is 26.4 Å². The van der Waals surface area contributed by atoms with E-state index in [1.807, 2.05) is 19.1 Å². The summed E-state index contributed by atoms with van der Waals surface area (Å²) in [7, 11) is 5.13. The number of guanidine groups is 1. The van der Waals surface area contributed by atoms with Crippen LogP contribution in [0, 0.1) is 6.92 Å². The number of aliphatic imine (C=N–C) groups is 1. The fraction of sp³-hybridized carbons (Fsp3) is 0.529. The van der Waals surface area contributed by atoms with Crippen LogP contribution in [0.5, 0.6) is 5.75 Å². The summed E-state index contributed by atoms with van der Waals surface area (Å²) >= 11 is 1.76. The number of nitrogens with one attached hydrogen (secondary N) is 2. The summed E-state index contributed by atoms with van der Waals surface area (Å²) in [6, 6.07) is 6.04. The van der Waals surface area contributed by atoms with Gasteiger partial charge in [0.2, 0.25) is 5.91 Å². The summed E-state index contributed by atoms with van der Waals surface area (Å²) in [6.45, 7) is 3.56. The third kappa shape index (κ3) is 9.78. The average Bonchev–Trinajstić information content (AvgIpc) is 2.55. The zero-order valence-corrected chi connectivity index (χ0v) is 18.7. The van der Waals surface area contributed by atoms with Gasteiger partial charge in [0.15, 0.2) is 5.96 Å². The maximum Gasteiger partial charge on any atom is 0.241 e. The Kier molecular flexibility index (Phi) is 12.5. The lowest BCUT2D eigenvalue weighted by atomic mass is 10.1. The highest BCUT2D eigenvalue weighted by molar-refractivity contribution is 14.0. The number of hydrogen-bond acceptors (Lipinski definition) is 4. The molecule has 25 heavy (non-hydrogen) atoms.